The van der Waals surface area contributed by atoms with Crippen molar-refractivity contribution in [1.82, 2.24) is 19.4 Å². The smallest absolute Gasteiger partial charge is 0.253 e. The van der Waals surface area contributed by atoms with Crippen molar-refractivity contribution in [3.8, 4) is 5.75 Å². The van der Waals surface area contributed by atoms with E-state index in [2.05, 4.69) is 15.6 Å². The maximum Gasteiger partial charge on any atom is 0.253 e. The van der Waals surface area contributed by atoms with E-state index in [0.29, 0.717) is 25.2 Å². The van der Waals surface area contributed by atoms with E-state index in [4.69, 9.17) is 4.74 Å². The zero-order chi connectivity index (χ0) is 25.0. The van der Waals surface area contributed by atoms with Gasteiger partial charge in [-0.15, -0.1) is 0 Å². The second-order valence-corrected chi connectivity index (χ2v) is 10.4. The summed E-state index contributed by atoms with van der Waals surface area (Å²) in [4.78, 5) is 34.5. The lowest BCUT2D eigenvalue weighted by atomic mass is 9.68. The first kappa shape index (κ1) is 23.0. The lowest BCUT2D eigenvalue weighted by Crippen LogP contribution is -2.56. The van der Waals surface area contributed by atoms with Gasteiger partial charge in [0.05, 0.1) is 25.3 Å². The van der Waals surface area contributed by atoms with Gasteiger partial charge in [0.25, 0.3) is 5.91 Å². The number of piperidine rings is 1. The predicted molar refractivity (Wildman–Crippen MR) is 135 cm³/mol. The Morgan fingerprint density at radius 3 is 2.50 bits per heavy atom. The molecule has 1 saturated heterocycles. The zero-order valence-electron chi connectivity index (χ0n) is 20.8. The van der Waals surface area contributed by atoms with Gasteiger partial charge in [0.1, 0.15) is 5.75 Å². The molecule has 1 saturated carbocycles. The van der Waals surface area contributed by atoms with Gasteiger partial charge in [-0.1, -0.05) is 0 Å². The van der Waals surface area contributed by atoms with E-state index in [1.54, 1.807) is 31.6 Å². The van der Waals surface area contributed by atoms with Crippen LogP contribution in [0.25, 0.3) is 10.9 Å². The molecular weight excluding hydrogens is 456 g/mol. The van der Waals surface area contributed by atoms with E-state index in [0.717, 1.165) is 48.0 Å². The lowest BCUT2D eigenvalue weighted by molar-refractivity contribution is -0.138. The van der Waals surface area contributed by atoms with Crippen LogP contribution in [0.1, 0.15) is 53.3 Å². The molecule has 1 aromatic carbocycles. The summed E-state index contributed by atoms with van der Waals surface area (Å²) in [6.07, 6.45) is 6.66. The monoisotopic (exact) mass is 488 g/mol. The number of aryl methyl sites for hydroxylation is 1. The fourth-order valence-corrected chi connectivity index (χ4v) is 6.38. The Labute approximate surface area is 210 Å². The number of hydrogen-bond acceptors (Lipinski definition) is 5. The van der Waals surface area contributed by atoms with Crippen molar-refractivity contribution >= 4 is 22.7 Å². The molecule has 1 atom stereocenters. The molecule has 2 amide bonds. The maximum atomic E-state index is 13.5. The molecule has 188 valence electrons. The number of rotatable bonds is 4. The van der Waals surface area contributed by atoms with Crippen molar-refractivity contribution in [2.45, 2.75) is 37.1 Å². The van der Waals surface area contributed by atoms with Gasteiger partial charge in [-0.05, 0) is 55.5 Å². The van der Waals surface area contributed by atoms with Gasteiger partial charge in [0, 0.05) is 73.1 Å². The summed E-state index contributed by atoms with van der Waals surface area (Å²) in [5, 5.41) is 11.7. The van der Waals surface area contributed by atoms with Crippen LogP contribution in [0.4, 0.5) is 0 Å². The Kier molecular flexibility index (Phi) is 5.52. The Bertz CT molecular complexity index is 1320. The molecular formula is C28H32N4O4. The number of aliphatic hydroxyl groups is 1. The van der Waals surface area contributed by atoms with Crippen LogP contribution in [-0.2, 0) is 17.3 Å². The minimum atomic E-state index is -0.376. The Morgan fingerprint density at radius 2 is 1.86 bits per heavy atom. The maximum absolute atomic E-state index is 13.5. The van der Waals surface area contributed by atoms with Crippen LogP contribution in [-0.4, -0.2) is 69.6 Å². The number of hydrogen-bond donors (Lipinski definition) is 1. The quantitative estimate of drug-likeness (QED) is 0.610. The van der Waals surface area contributed by atoms with Crippen molar-refractivity contribution in [3.63, 3.8) is 0 Å². The van der Waals surface area contributed by atoms with Crippen LogP contribution in [0.15, 0.2) is 42.7 Å². The summed E-state index contributed by atoms with van der Waals surface area (Å²) in [5.41, 5.74) is 3.63. The lowest BCUT2D eigenvalue weighted by Gasteiger charge is -2.50. The van der Waals surface area contributed by atoms with E-state index in [9.17, 15) is 14.7 Å². The van der Waals surface area contributed by atoms with E-state index in [-0.39, 0.29) is 35.8 Å². The van der Waals surface area contributed by atoms with Crippen LogP contribution in [0.2, 0.25) is 0 Å². The Hall–Kier alpha value is -3.39. The third kappa shape index (κ3) is 3.50. The number of likely N-dealkylation sites (tertiary alicyclic amines) is 1. The molecule has 1 aliphatic carbocycles. The number of aromatic nitrogens is 2. The minimum absolute atomic E-state index is 0.0186. The van der Waals surface area contributed by atoms with Gasteiger partial charge in [-0.25, -0.2) is 0 Å². The topological polar surface area (TPSA) is 87.9 Å². The first-order valence-electron chi connectivity index (χ1n) is 12.7. The number of fused-ring (bicyclic) bond motifs is 4. The first-order valence-corrected chi connectivity index (χ1v) is 12.7. The number of carbonyl (C=O) groups excluding carboxylic acids is 2. The molecule has 3 aliphatic rings. The highest BCUT2D eigenvalue weighted by atomic mass is 16.5. The molecule has 3 aromatic rings. The molecule has 2 aromatic heterocycles. The molecule has 1 N–H and O–H groups in total. The summed E-state index contributed by atoms with van der Waals surface area (Å²) >= 11 is 0. The highest BCUT2D eigenvalue weighted by molar-refractivity contribution is 5.94. The fourth-order valence-electron chi connectivity index (χ4n) is 6.38. The molecule has 0 bridgehead atoms. The molecule has 2 aliphatic heterocycles. The number of carbonyl (C=O) groups is 2. The highest BCUT2D eigenvalue weighted by Crippen LogP contribution is 2.51. The number of methoxy groups -OCH3 is 1. The molecule has 0 radical (unpaired) electrons. The van der Waals surface area contributed by atoms with Crippen LogP contribution in [0.3, 0.4) is 0 Å². The number of benzene rings is 1. The van der Waals surface area contributed by atoms with E-state index < -0.39 is 0 Å². The average Bonchev–Trinajstić information content (AvgIpc) is 3.73. The zero-order valence-corrected chi connectivity index (χ0v) is 20.8. The molecule has 1 spiro atoms. The summed E-state index contributed by atoms with van der Waals surface area (Å²) < 4.78 is 7.64. The minimum Gasteiger partial charge on any atom is -0.497 e. The second kappa shape index (κ2) is 8.62. The van der Waals surface area contributed by atoms with Gasteiger partial charge in [0.2, 0.25) is 5.91 Å². The average molecular weight is 489 g/mol. The summed E-state index contributed by atoms with van der Waals surface area (Å²) in [5.74, 6) is 1.02. The van der Waals surface area contributed by atoms with Gasteiger partial charge in [-0.2, -0.15) is 0 Å². The van der Waals surface area contributed by atoms with E-state index in [1.807, 2.05) is 29.0 Å². The summed E-state index contributed by atoms with van der Waals surface area (Å²) in [6, 6.07) is 9.25. The van der Waals surface area contributed by atoms with Gasteiger partial charge >= 0.3 is 0 Å². The third-order valence-corrected chi connectivity index (χ3v) is 8.47. The standard InChI is InChI=1S/C28H32N4O4/c1-30-22-15-20(36-2)5-6-21(22)24-25(30)23(16-33)32(27(35)18-3-4-18)17-28(24)9-13-31(14-10-28)26(34)19-7-11-29-12-8-19/h5-8,11-12,15,18,23,33H,3-4,9-10,13-14,16-17H2,1-2H3/t23-/m1/s1. The SMILES string of the molecule is COc1ccc2c3c(n(C)c2c1)[C@@H](CO)N(C(=O)C1CC1)CC31CCN(C(=O)c2ccncc2)CC1. The largest absolute Gasteiger partial charge is 0.497 e. The van der Waals surface area contributed by atoms with Crippen LogP contribution < -0.4 is 4.74 Å². The van der Waals surface area contributed by atoms with Crippen LogP contribution in [0, 0.1) is 5.92 Å². The number of amides is 2. The van der Waals surface area contributed by atoms with Crippen molar-refractivity contribution in [1.29, 1.82) is 0 Å². The number of pyridine rings is 1. The van der Waals surface area contributed by atoms with Crippen molar-refractivity contribution < 1.29 is 19.4 Å². The predicted octanol–water partition coefficient (Wildman–Crippen LogP) is 3.04. The Balaban J connectivity index is 1.43. The number of nitrogens with zero attached hydrogens (tertiary/aromatic N) is 4. The molecule has 6 rings (SSSR count). The third-order valence-electron chi connectivity index (χ3n) is 8.47. The van der Waals surface area contributed by atoms with Crippen molar-refractivity contribution in [2.24, 2.45) is 13.0 Å². The fraction of sp³-hybridized carbons (Fsp3) is 0.464. The van der Waals surface area contributed by atoms with Crippen LogP contribution >= 0.6 is 0 Å². The molecule has 8 heteroatoms. The molecule has 36 heavy (non-hydrogen) atoms. The van der Waals surface area contributed by atoms with E-state index in [1.165, 1.54) is 5.56 Å². The summed E-state index contributed by atoms with van der Waals surface area (Å²) in [7, 11) is 3.68. The summed E-state index contributed by atoms with van der Waals surface area (Å²) in [6.45, 7) is 1.68. The molecule has 0 unspecified atom stereocenters. The van der Waals surface area contributed by atoms with Gasteiger partial charge in [-0.3, -0.25) is 14.6 Å². The van der Waals surface area contributed by atoms with Gasteiger partial charge in [0.15, 0.2) is 0 Å². The van der Waals surface area contributed by atoms with E-state index >= 15 is 0 Å². The molecule has 8 nitrogen and oxygen atoms in total. The highest BCUT2D eigenvalue weighted by Gasteiger charge is 2.51. The van der Waals surface area contributed by atoms with Crippen molar-refractivity contribution in [3.05, 3.63) is 59.5 Å². The van der Waals surface area contributed by atoms with Crippen molar-refractivity contribution in [2.75, 3.05) is 33.4 Å². The number of ether oxygens (including phenoxy) is 1. The molecule has 2 fully saturated rings. The Morgan fingerprint density at radius 1 is 1.14 bits per heavy atom. The van der Waals surface area contributed by atoms with Crippen LogP contribution in [0.5, 0.6) is 5.75 Å². The normalized spacial score (nSPS) is 21.0. The van der Waals surface area contributed by atoms with Gasteiger partial charge < -0.3 is 24.2 Å². The second-order valence-electron chi connectivity index (χ2n) is 10.4. The number of aliphatic hydroxyl groups excluding tert-OH is 1. The first-order chi connectivity index (χ1) is 17.5. The molecule has 4 heterocycles.